The Kier molecular flexibility index (Phi) is 5.55. The lowest BCUT2D eigenvalue weighted by atomic mass is 10.1. The Morgan fingerprint density at radius 3 is 2.33 bits per heavy atom. The molecule has 2 rings (SSSR count). The van der Waals surface area contributed by atoms with E-state index in [1.165, 1.54) is 4.31 Å². The van der Waals surface area contributed by atoms with Gasteiger partial charge in [0.15, 0.2) is 0 Å². The molecule has 1 aromatic carbocycles. The topological polar surface area (TPSA) is 92.3 Å². The average molecular weight is 368 g/mol. The van der Waals surface area contributed by atoms with Crippen LogP contribution in [0.3, 0.4) is 0 Å². The van der Waals surface area contributed by atoms with E-state index in [-0.39, 0.29) is 28.3 Å². The van der Waals surface area contributed by atoms with E-state index in [0.717, 1.165) is 22.5 Å². The van der Waals surface area contributed by atoms with Crippen LogP contribution in [0.15, 0.2) is 22.5 Å². The van der Waals surface area contributed by atoms with Gasteiger partial charge in [0.2, 0.25) is 11.0 Å². The summed E-state index contributed by atoms with van der Waals surface area (Å²) in [6, 6.07) is 5.61. The molecule has 130 valence electrons. The number of aryl methyl sites for hydroxylation is 2. The van der Waals surface area contributed by atoms with Crippen LogP contribution in [0.25, 0.3) is 0 Å². The molecule has 0 saturated heterocycles. The third-order valence-electron chi connectivity index (χ3n) is 3.27. The van der Waals surface area contributed by atoms with Crippen molar-refractivity contribution in [3.8, 4) is 0 Å². The van der Waals surface area contributed by atoms with Crippen molar-refractivity contribution in [3.63, 3.8) is 0 Å². The standard InChI is InChI=1S/C15H20N4O3S2/c1-5-13(20)16-14-17-18-15(23-14)24(21,22)19(6-2)12-8-10(3)7-11(4)9-12/h7-9H,5-6H2,1-4H3,(H,16,17,20). The number of hydrogen-bond acceptors (Lipinski definition) is 6. The minimum absolute atomic E-state index is 0.144. The van der Waals surface area contributed by atoms with Crippen LogP contribution in [0.1, 0.15) is 31.4 Å². The summed E-state index contributed by atoms with van der Waals surface area (Å²) in [7, 11) is -3.83. The summed E-state index contributed by atoms with van der Waals surface area (Å²) in [5, 5.41) is 10.2. The maximum absolute atomic E-state index is 12.9. The van der Waals surface area contributed by atoms with Crippen molar-refractivity contribution >= 4 is 38.1 Å². The normalized spacial score (nSPS) is 11.3. The number of benzene rings is 1. The molecule has 0 aliphatic carbocycles. The lowest BCUT2D eigenvalue weighted by molar-refractivity contribution is -0.115. The smallest absolute Gasteiger partial charge is 0.293 e. The number of sulfonamides is 1. The van der Waals surface area contributed by atoms with E-state index in [2.05, 4.69) is 15.5 Å². The van der Waals surface area contributed by atoms with E-state index in [1.54, 1.807) is 13.8 Å². The molecule has 0 radical (unpaired) electrons. The second-order valence-electron chi connectivity index (χ2n) is 5.29. The molecule has 0 aliphatic rings. The van der Waals surface area contributed by atoms with Crippen LogP contribution >= 0.6 is 11.3 Å². The number of nitrogens with zero attached hydrogens (tertiary/aromatic N) is 3. The van der Waals surface area contributed by atoms with Crippen LogP contribution in [0.5, 0.6) is 0 Å². The van der Waals surface area contributed by atoms with Crippen LogP contribution in [-0.2, 0) is 14.8 Å². The number of amides is 1. The third kappa shape index (κ3) is 3.90. The zero-order valence-corrected chi connectivity index (χ0v) is 15.7. The first kappa shape index (κ1) is 18.3. The summed E-state index contributed by atoms with van der Waals surface area (Å²) in [6.07, 6.45) is 0.283. The number of carbonyl (C=O) groups is 1. The van der Waals surface area contributed by atoms with Crippen molar-refractivity contribution in [2.75, 3.05) is 16.2 Å². The summed E-state index contributed by atoms with van der Waals surface area (Å²) in [5.41, 5.74) is 2.54. The van der Waals surface area contributed by atoms with Crippen molar-refractivity contribution in [1.82, 2.24) is 10.2 Å². The van der Waals surface area contributed by atoms with Crippen molar-refractivity contribution < 1.29 is 13.2 Å². The Morgan fingerprint density at radius 2 is 1.79 bits per heavy atom. The van der Waals surface area contributed by atoms with E-state index in [1.807, 2.05) is 32.0 Å². The van der Waals surface area contributed by atoms with E-state index in [4.69, 9.17) is 0 Å². The van der Waals surface area contributed by atoms with Crippen molar-refractivity contribution in [3.05, 3.63) is 29.3 Å². The quantitative estimate of drug-likeness (QED) is 0.792. The number of carbonyl (C=O) groups excluding carboxylic acids is 1. The van der Waals surface area contributed by atoms with Gasteiger partial charge in [-0.2, -0.15) is 8.42 Å². The van der Waals surface area contributed by atoms with Crippen LogP contribution in [0.4, 0.5) is 10.8 Å². The molecular formula is C15H20N4O3S2. The van der Waals surface area contributed by atoms with Gasteiger partial charge in [-0.25, -0.2) is 0 Å². The van der Waals surface area contributed by atoms with Gasteiger partial charge in [-0.15, -0.1) is 10.2 Å². The highest BCUT2D eigenvalue weighted by atomic mass is 32.2. The Balaban J connectivity index is 2.38. The van der Waals surface area contributed by atoms with Gasteiger partial charge < -0.3 is 5.32 Å². The van der Waals surface area contributed by atoms with Crippen LogP contribution < -0.4 is 9.62 Å². The van der Waals surface area contributed by atoms with E-state index in [0.29, 0.717) is 5.69 Å². The van der Waals surface area contributed by atoms with Gasteiger partial charge in [0, 0.05) is 13.0 Å². The molecule has 1 aromatic heterocycles. The van der Waals surface area contributed by atoms with Gasteiger partial charge in [-0.1, -0.05) is 24.3 Å². The number of nitrogens with one attached hydrogen (secondary N) is 1. The maximum atomic E-state index is 12.9. The zero-order valence-electron chi connectivity index (χ0n) is 14.0. The first-order valence-corrected chi connectivity index (χ1v) is 9.78. The van der Waals surface area contributed by atoms with Crippen LogP contribution in [0.2, 0.25) is 0 Å². The van der Waals surface area contributed by atoms with Crippen molar-refractivity contribution in [2.45, 2.75) is 38.5 Å². The molecule has 1 heterocycles. The highest BCUT2D eigenvalue weighted by molar-refractivity contribution is 7.94. The van der Waals surface area contributed by atoms with Crippen LogP contribution in [-0.4, -0.2) is 31.1 Å². The molecule has 0 aliphatic heterocycles. The summed E-state index contributed by atoms with van der Waals surface area (Å²) in [6.45, 7) is 7.56. The first-order valence-electron chi connectivity index (χ1n) is 7.52. The maximum Gasteiger partial charge on any atom is 0.293 e. The molecule has 0 atom stereocenters. The van der Waals surface area contributed by atoms with E-state index < -0.39 is 10.0 Å². The molecule has 2 aromatic rings. The first-order chi connectivity index (χ1) is 11.3. The van der Waals surface area contributed by atoms with E-state index in [9.17, 15) is 13.2 Å². The highest BCUT2D eigenvalue weighted by Crippen LogP contribution is 2.28. The fraction of sp³-hybridized carbons (Fsp3) is 0.400. The van der Waals surface area contributed by atoms with Gasteiger partial charge in [0.05, 0.1) is 5.69 Å². The van der Waals surface area contributed by atoms with Gasteiger partial charge in [-0.05, 0) is 44.0 Å². The largest absolute Gasteiger partial charge is 0.301 e. The summed E-state index contributed by atoms with van der Waals surface area (Å²) >= 11 is 0.846. The van der Waals surface area contributed by atoms with Crippen LogP contribution in [0, 0.1) is 13.8 Å². The molecule has 0 unspecified atom stereocenters. The third-order valence-corrected chi connectivity index (χ3v) is 6.35. The number of aromatic nitrogens is 2. The zero-order chi connectivity index (χ0) is 17.9. The lowest BCUT2D eigenvalue weighted by Crippen LogP contribution is -2.30. The summed E-state index contributed by atoms with van der Waals surface area (Å²) in [4.78, 5) is 11.4. The monoisotopic (exact) mass is 368 g/mol. The molecule has 9 heteroatoms. The number of rotatable bonds is 6. The molecule has 0 fully saturated rings. The molecule has 0 spiro atoms. The predicted molar refractivity (Wildman–Crippen MR) is 95.0 cm³/mol. The molecule has 1 N–H and O–H groups in total. The minimum atomic E-state index is -3.83. The Hall–Kier alpha value is -2.00. The molecular weight excluding hydrogens is 348 g/mol. The average Bonchev–Trinajstić information content (AvgIpc) is 2.95. The second kappa shape index (κ2) is 7.27. The molecule has 24 heavy (non-hydrogen) atoms. The van der Waals surface area contributed by atoms with Gasteiger partial charge in [0.1, 0.15) is 0 Å². The molecule has 0 bridgehead atoms. The number of hydrogen-bond donors (Lipinski definition) is 1. The summed E-state index contributed by atoms with van der Waals surface area (Å²) in [5.74, 6) is -0.239. The minimum Gasteiger partial charge on any atom is -0.301 e. The highest BCUT2D eigenvalue weighted by Gasteiger charge is 2.28. The van der Waals surface area contributed by atoms with E-state index >= 15 is 0 Å². The molecule has 0 saturated carbocycles. The fourth-order valence-electron chi connectivity index (χ4n) is 2.25. The van der Waals surface area contributed by atoms with Gasteiger partial charge >= 0.3 is 0 Å². The van der Waals surface area contributed by atoms with Crippen molar-refractivity contribution in [2.24, 2.45) is 0 Å². The Labute approximate surface area is 145 Å². The molecule has 1 amide bonds. The Morgan fingerprint density at radius 1 is 1.17 bits per heavy atom. The van der Waals surface area contributed by atoms with Gasteiger partial charge in [0.25, 0.3) is 14.4 Å². The second-order valence-corrected chi connectivity index (χ2v) is 8.30. The lowest BCUT2D eigenvalue weighted by Gasteiger charge is -2.22. The number of anilines is 2. The SMILES string of the molecule is CCC(=O)Nc1nnc(S(=O)(=O)N(CC)c2cc(C)cc(C)c2)s1. The van der Waals surface area contributed by atoms with Gasteiger partial charge in [-0.3, -0.25) is 9.10 Å². The Bertz CT molecular complexity index is 826. The predicted octanol–water partition coefficient (Wildman–Crippen LogP) is 2.72. The summed E-state index contributed by atoms with van der Waals surface area (Å²) < 4.78 is 26.9. The fourth-order valence-corrected chi connectivity index (χ4v) is 4.73. The van der Waals surface area contributed by atoms with Crippen molar-refractivity contribution in [1.29, 1.82) is 0 Å². The molecule has 7 nitrogen and oxygen atoms in total.